The molecule has 49 heavy (non-hydrogen) atoms. The summed E-state index contributed by atoms with van der Waals surface area (Å²) in [5.41, 5.74) is 8.73. The van der Waals surface area contributed by atoms with Gasteiger partial charge in [-0.3, -0.25) is 4.57 Å². The predicted octanol–water partition coefficient (Wildman–Crippen LogP) is 11.9. The molecule has 5 heteroatoms. The van der Waals surface area contributed by atoms with Crippen molar-refractivity contribution in [3.8, 4) is 22.9 Å². The first-order chi connectivity index (χ1) is 24.3. The third-order valence-electron chi connectivity index (χ3n) is 9.90. The molecule has 7 aromatic carbocycles. The van der Waals surface area contributed by atoms with Crippen LogP contribution in [0.25, 0.3) is 97.6 Å². The van der Waals surface area contributed by atoms with Crippen LogP contribution < -0.4 is 0 Å². The van der Waals surface area contributed by atoms with E-state index in [1.165, 1.54) is 48.1 Å². The predicted molar refractivity (Wildman–Crippen MR) is 207 cm³/mol. The Kier molecular flexibility index (Phi) is 5.51. The monoisotopic (exact) mass is 642 g/mol. The summed E-state index contributed by atoms with van der Waals surface area (Å²) >= 11 is 1.78. The van der Waals surface area contributed by atoms with E-state index in [2.05, 4.69) is 167 Å². The van der Waals surface area contributed by atoms with Crippen molar-refractivity contribution < 1.29 is 0 Å². The summed E-state index contributed by atoms with van der Waals surface area (Å²) < 4.78 is 6.98. The summed E-state index contributed by atoms with van der Waals surface area (Å²) in [7, 11) is 0. The van der Waals surface area contributed by atoms with Crippen LogP contribution in [0, 0.1) is 0 Å². The van der Waals surface area contributed by atoms with E-state index in [0.29, 0.717) is 5.95 Å². The van der Waals surface area contributed by atoms with Crippen molar-refractivity contribution in [2.75, 3.05) is 0 Å². The molecular formula is C44H26N4S. The molecule has 0 radical (unpaired) electrons. The molecule has 4 heterocycles. The second kappa shape index (κ2) is 10.1. The number of thiophene rings is 1. The van der Waals surface area contributed by atoms with E-state index in [9.17, 15) is 0 Å². The molecule has 0 aliphatic rings. The molecule has 4 nitrogen and oxygen atoms in total. The van der Waals surface area contributed by atoms with Crippen molar-refractivity contribution in [1.82, 2.24) is 19.1 Å². The molecule has 11 rings (SSSR count). The second-order valence-corrected chi connectivity index (χ2v) is 13.7. The van der Waals surface area contributed by atoms with Crippen molar-refractivity contribution in [1.29, 1.82) is 0 Å². The van der Waals surface area contributed by atoms with E-state index < -0.39 is 0 Å². The summed E-state index contributed by atoms with van der Waals surface area (Å²) in [6, 6.07) is 56.3. The summed E-state index contributed by atoms with van der Waals surface area (Å²) in [6.45, 7) is 0. The van der Waals surface area contributed by atoms with Crippen LogP contribution >= 0.6 is 11.3 Å². The van der Waals surface area contributed by atoms with E-state index in [4.69, 9.17) is 9.97 Å². The lowest BCUT2D eigenvalue weighted by Crippen LogP contribution is -2.02. The Balaban J connectivity index is 1.29. The number of hydrogen-bond donors (Lipinski definition) is 0. The van der Waals surface area contributed by atoms with E-state index in [1.807, 2.05) is 0 Å². The number of benzene rings is 7. The molecule has 0 bridgehead atoms. The van der Waals surface area contributed by atoms with Crippen LogP contribution in [0.2, 0.25) is 0 Å². The first kappa shape index (κ1) is 26.7. The van der Waals surface area contributed by atoms with Gasteiger partial charge in [0.05, 0.1) is 38.0 Å². The van der Waals surface area contributed by atoms with Crippen LogP contribution in [0.5, 0.6) is 0 Å². The first-order valence-corrected chi connectivity index (χ1v) is 17.3. The highest BCUT2D eigenvalue weighted by atomic mass is 32.1. The second-order valence-electron chi connectivity index (χ2n) is 12.6. The lowest BCUT2D eigenvalue weighted by Gasteiger charge is -2.10. The minimum Gasteiger partial charge on any atom is -0.309 e. The maximum atomic E-state index is 5.45. The van der Waals surface area contributed by atoms with Gasteiger partial charge >= 0.3 is 0 Å². The molecule has 0 saturated carbocycles. The fourth-order valence-corrected chi connectivity index (χ4v) is 8.98. The Morgan fingerprint density at radius 3 is 1.73 bits per heavy atom. The van der Waals surface area contributed by atoms with Crippen molar-refractivity contribution in [3.63, 3.8) is 0 Å². The summed E-state index contributed by atoms with van der Waals surface area (Å²) in [5.74, 6) is 0.677. The summed E-state index contributed by atoms with van der Waals surface area (Å²) in [6.07, 6.45) is 0. The van der Waals surface area contributed by atoms with E-state index >= 15 is 0 Å². The lowest BCUT2D eigenvalue weighted by molar-refractivity contribution is 1.02. The zero-order valence-corrected chi connectivity index (χ0v) is 27.0. The number of aromatic nitrogens is 4. The number of para-hydroxylation sites is 3. The molecular weight excluding hydrogens is 617 g/mol. The Morgan fingerprint density at radius 1 is 0.449 bits per heavy atom. The van der Waals surface area contributed by atoms with Crippen LogP contribution in [0.4, 0.5) is 0 Å². The lowest BCUT2D eigenvalue weighted by atomic mass is 10.1. The third kappa shape index (κ3) is 3.79. The molecule has 0 saturated heterocycles. The largest absolute Gasteiger partial charge is 0.309 e. The van der Waals surface area contributed by atoms with Crippen molar-refractivity contribution in [3.05, 3.63) is 158 Å². The molecule has 0 spiro atoms. The Morgan fingerprint density at radius 2 is 1.02 bits per heavy atom. The first-order valence-electron chi connectivity index (χ1n) is 16.5. The van der Waals surface area contributed by atoms with Gasteiger partial charge in [-0.1, -0.05) is 109 Å². The quantitative estimate of drug-likeness (QED) is 0.192. The smallest absolute Gasteiger partial charge is 0.235 e. The van der Waals surface area contributed by atoms with Gasteiger partial charge in [0.25, 0.3) is 0 Å². The fourth-order valence-electron chi connectivity index (χ4n) is 7.80. The number of nitrogens with zero attached hydrogens (tertiary/aromatic N) is 4. The van der Waals surface area contributed by atoms with Gasteiger partial charge in [0, 0.05) is 42.9 Å². The minimum absolute atomic E-state index is 0.677. The highest BCUT2D eigenvalue weighted by Crippen LogP contribution is 2.44. The Bertz CT molecular complexity index is 3100. The molecule has 0 aliphatic heterocycles. The third-order valence-corrected chi connectivity index (χ3v) is 11.1. The molecule has 11 aromatic rings. The van der Waals surface area contributed by atoms with Gasteiger partial charge in [-0.15, -0.1) is 11.3 Å². The summed E-state index contributed by atoms with van der Waals surface area (Å²) in [4.78, 5) is 10.9. The molecule has 4 aromatic heterocycles. The van der Waals surface area contributed by atoms with Crippen LogP contribution in [-0.4, -0.2) is 19.1 Å². The van der Waals surface area contributed by atoms with Gasteiger partial charge in [-0.2, -0.15) is 0 Å². The number of fused-ring (bicyclic) bond motifs is 11. The number of hydrogen-bond acceptors (Lipinski definition) is 3. The van der Waals surface area contributed by atoms with Gasteiger partial charge in [0.15, 0.2) is 0 Å². The van der Waals surface area contributed by atoms with Gasteiger partial charge in [-0.05, 0) is 59.3 Å². The standard InChI is InChI=1S/C44H26N4S/c1-3-13-27(14-4-1)41-43-42(33-25-28-15-7-8-16-29(28)26-38(33)49-43)46-44(45-41)48-35-22-12-10-20-32(35)40-37(48)24-23-36-39(40)31-19-9-11-21-34(31)47(36)30-17-5-2-6-18-30/h1-26H. The van der Waals surface area contributed by atoms with Crippen LogP contribution in [-0.2, 0) is 0 Å². The van der Waals surface area contributed by atoms with E-state index in [1.54, 1.807) is 11.3 Å². The SMILES string of the molecule is c1ccc(-c2nc(-n3c4ccccc4c4c5c6ccccc6n(-c6ccccc6)c5ccc43)nc3c2sc2cc4ccccc4cc23)cc1. The zero-order valence-electron chi connectivity index (χ0n) is 26.2. The number of rotatable bonds is 3. The minimum atomic E-state index is 0.677. The van der Waals surface area contributed by atoms with Crippen LogP contribution in [0.3, 0.4) is 0 Å². The average Bonchev–Trinajstić information content (AvgIpc) is 3.81. The molecule has 228 valence electrons. The van der Waals surface area contributed by atoms with Gasteiger partial charge < -0.3 is 4.57 Å². The van der Waals surface area contributed by atoms with Crippen molar-refractivity contribution >= 4 is 86.0 Å². The average molecular weight is 643 g/mol. The maximum absolute atomic E-state index is 5.45. The molecule has 0 aliphatic carbocycles. The van der Waals surface area contributed by atoms with Gasteiger partial charge in [0.2, 0.25) is 5.95 Å². The molecule has 0 atom stereocenters. The maximum Gasteiger partial charge on any atom is 0.235 e. The normalized spacial score (nSPS) is 12.1. The van der Waals surface area contributed by atoms with Gasteiger partial charge in [0.1, 0.15) is 0 Å². The van der Waals surface area contributed by atoms with Gasteiger partial charge in [-0.25, -0.2) is 9.97 Å². The topological polar surface area (TPSA) is 35.6 Å². The molecule has 0 unspecified atom stereocenters. The fraction of sp³-hybridized carbons (Fsp3) is 0. The van der Waals surface area contributed by atoms with Crippen LogP contribution in [0.1, 0.15) is 0 Å². The highest BCUT2D eigenvalue weighted by molar-refractivity contribution is 7.26. The Labute approximate surface area is 284 Å². The summed E-state index contributed by atoms with van der Waals surface area (Å²) in [5, 5.41) is 8.47. The molecule has 0 N–H and O–H groups in total. The van der Waals surface area contributed by atoms with E-state index in [-0.39, 0.29) is 0 Å². The van der Waals surface area contributed by atoms with Crippen molar-refractivity contribution in [2.24, 2.45) is 0 Å². The Hall–Kier alpha value is -6.30. The zero-order chi connectivity index (χ0) is 32.1. The van der Waals surface area contributed by atoms with Crippen LogP contribution in [0.15, 0.2) is 158 Å². The molecule has 0 fully saturated rings. The highest BCUT2D eigenvalue weighted by Gasteiger charge is 2.23. The van der Waals surface area contributed by atoms with E-state index in [0.717, 1.165) is 43.6 Å². The van der Waals surface area contributed by atoms with Crippen molar-refractivity contribution in [2.45, 2.75) is 0 Å². The molecule has 0 amide bonds.